The Kier molecular flexibility index (Phi) is 6.82. The second-order valence-electron chi connectivity index (χ2n) is 3.47. The molecule has 3 heteroatoms. The van der Waals surface area contributed by atoms with Crippen molar-refractivity contribution in [1.29, 1.82) is 5.26 Å². The molecule has 1 atom stereocenters. The van der Waals surface area contributed by atoms with Crippen LogP contribution in [-0.4, -0.2) is 13.1 Å². The van der Waals surface area contributed by atoms with Crippen LogP contribution in [0.15, 0.2) is 0 Å². The van der Waals surface area contributed by atoms with E-state index in [1.807, 2.05) is 6.07 Å². The Bertz CT molecular complexity index is 202. The standard InChI is InChI=1S/C11H19NO2/c1-4-6-9(7-5-2)10(8-12)11(13)14-3/h9-10H,4-7H2,1-3H3. The molecule has 0 N–H and O–H groups in total. The number of methoxy groups -OCH3 is 1. The summed E-state index contributed by atoms with van der Waals surface area (Å²) in [7, 11) is 1.33. The van der Waals surface area contributed by atoms with Gasteiger partial charge in [0.05, 0.1) is 13.2 Å². The van der Waals surface area contributed by atoms with Crippen LogP contribution in [-0.2, 0) is 9.53 Å². The van der Waals surface area contributed by atoms with Gasteiger partial charge in [-0.3, -0.25) is 4.79 Å². The van der Waals surface area contributed by atoms with Crippen molar-refractivity contribution in [2.24, 2.45) is 11.8 Å². The summed E-state index contributed by atoms with van der Waals surface area (Å²) in [5.41, 5.74) is 0. The highest BCUT2D eigenvalue weighted by molar-refractivity contribution is 5.75. The number of nitriles is 1. The van der Waals surface area contributed by atoms with E-state index in [1.165, 1.54) is 7.11 Å². The van der Waals surface area contributed by atoms with Gasteiger partial charge in [-0.25, -0.2) is 0 Å². The maximum Gasteiger partial charge on any atom is 0.323 e. The fourth-order valence-corrected chi connectivity index (χ4v) is 1.70. The monoisotopic (exact) mass is 197 g/mol. The normalized spacial score (nSPS) is 12.2. The SMILES string of the molecule is CCCC(CCC)C(C#N)C(=O)OC. The van der Waals surface area contributed by atoms with E-state index >= 15 is 0 Å². The summed E-state index contributed by atoms with van der Waals surface area (Å²) in [5.74, 6) is -0.818. The summed E-state index contributed by atoms with van der Waals surface area (Å²) >= 11 is 0. The number of carbonyl (C=O) groups is 1. The third-order valence-electron chi connectivity index (χ3n) is 2.38. The summed E-state index contributed by atoms with van der Waals surface area (Å²) in [6, 6.07) is 2.05. The van der Waals surface area contributed by atoms with Gasteiger partial charge in [-0.2, -0.15) is 5.26 Å². The first kappa shape index (κ1) is 13.0. The van der Waals surface area contributed by atoms with Gasteiger partial charge >= 0.3 is 5.97 Å². The van der Waals surface area contributed by atoms with E-state index in [1.54, 1.807) is 0 Å². The molecule has 0 saturated carbocycles. The predicted molar refractivity (Wildman–Crippen MR) is 54.4 cm³/mol. The minimum absolute atomic E-state index is 0.155. The van der Waals surface area contributed by atoms with Crippen molar-refractivity contribution in [1.82, 2.24) is 0 Å². The van der Waals surface area contributed by atoms with Crippen LogP contribution in [0.25, 0.3) is 0 Å². The molecule has 0 spiro atoms. The Morgan fingerprint density at radius 3 is 2.14 bits per heavy atom. The molecule has 1 unspecified atom stereocenters. The van der Waals surface area contributed by atoms with Gasteiger partial charge in [-0.05, 0) is 18.8 Å². The van der Waals surface area contributed by atoms with Gasteiger partial charge in [-0.15, -0.1) is 0 Å². The molecule has 0 fully saturated rings. The fourth-order valence-electron chi connectivity index (χ4n) is 1.70. The lowest BCUT2D eigenvalue weighted by molar-refractivity contribution is -0.145. The van der Waals surface area contributed by atoms with Crippen molar-refractivity contribution in [2.75, 3.05) is 7.11 Å². The molecule has 14 heavy (non-hydrogen) atoms. The highest BCUT2D eigenvalue weighted by Gasteiger charge is 2.27. The topological polar surface area (TPSA) is 50.1 Å². The Hall–Kier alpha value is -1.04. The Morgan fingerprint density at radius 1 is 1.36 bits per heavy atom. The first-order valence-electron chi connectivity index (χ1n) is 5.18. The molecule has 0 amide bonds. The zero-order valence-corrected chi connectivity index (χ0v) is 9.25. The molecule has 0 aliphatic rings. The molecular weight excluding hydrogens is 178 g/mol. The Morgan fingerprint density at radius 2 is 1.86 bits per heavy atom. The molecular formula is C11H19NO2. The van der Waals surface area contributed by atoms with Crippen molar-refractivity contribution < 1.29 is 9.53 Å². The van der Waals surface area contributed by atoms with Gasteiger partial charge in [-0.1, -0.05) is 26.7 Å². The number of hydrogen-bond donors (Lipinski definition) is 0. The third kappa shape index (κ3) is 3.78. The van der Waals surface area contributed by atoms with Crippen LogP contribution >= 0.6 is 0 Å². The highest BCUT2D eigenvalue weighted by Crippen LogP contribution is 2.23. The minimum Gasteiger partial charge on any atom is -0.468 e. The molecule has 0 bridgehead atoms. The van der Waals surface area contributed by atoms with Crippen LogP contribution in [0.4, 0.5) is 0 Å². The molecule has 0 radical (unpaired) electrons. The minimum atomic E-state index is -0.583. The van der Waals surface area contributed by atoms with E-state index in [4.69, 9.17) is 5.26 Å². The summed E-state index contributed by atoms with van der Waals surface area (Å²) in [6.07, 6.45) is 3.84. The number of rotatable bonds is 6. The number of hydrogen-bond acceptors (Lipinski definition) is 3. The van der Waals surface area contributed by atoms with Gasteiger partial charge in [0.15, 0.2) is 0 Å². The van der Waals surface area contributed by atoms with Gasteiger partial charge < -0.3 is 4.74 Å². The lowest BCUT2D eigenvalue weighted by atomic mass is 9.86. The van der Waals surface area contributed by atoms with E-state index in [9.17, 15) is 4.79 Å². The molecule has 0 heterocycles. The van der Waals surface area contributed by atoms with Gasteiger partial charge in [0.25, 0.3) is 0 Å². The van der Waals surface area contributed by atoms with Crippen LogP contribution in [0.2, 0.25) is 0 Å². The van der Waals surface area contributed by atoms with Gasteiger partial charge in [0, 0.05) is 0 Å². The largest absolute Gasteiger partial charge is 0.468 e. The fraction of sp³-hybridized carbons (Fsp3) is 0.818. The van der Waals surface area contributed by atoms with Crippen molar-refractivity contribution in [3.05, 3.63) is 0 Å². The van der Waals surface area contributed by atoms with Gasteiger partial charge in [0.2, 0.25) is 0 Å². The maximum absolute atomic E-state index is 11.3. The molecule has 0 aromatic rings. The highest BCUT2D eigenvalue weighted by atomic mass is 16.5. The van der Waals surface area contributed by atoms with E-state index in [0.717, 1.165) is 25.7 Å². The van der Waals surface area contributed by atoms with E-state index in [0.29, 0.717) is 0 Å². The second kappa shape index (κ2) is 7.37. The Balaban J connectivity index is 4.42. The quantitative estimate of drug-likeness (QED) is 0.615. The molecule has 3 nitrogen and oxygen atoms in total. The van der Waals surface area contributed by atoms with Crippen LogP contribution in [0.1, 0.15) is 39.5 Å². The predicted octanol–water partition coefficient (Wildman–Crippen LogP) is 2.52. The molecule has 0 aromatic carbocycles. The number of ether oxygens (including phenoxy) is 1. The zero-order valence-electron chi connectivity index (χ0n) is 9.25. The smallest absolute Gasteiger partial charge is 0.323 e. The molecule has 0 saturated heterocycles. The molecule has 0 aliphatic carbocycles. The average molecular weight is 197 g/mol. The van der Waals surface area contributed by atoms with Crippen LogP contribution < -0.4 is 0 Å². The molecule has 80 valence electrons. The van der Waals surface area contributed by atoms with E-state index in [2.05, 4.69) is 18.6 Å². The maximum atomic E-state index is 11.3. The number of nitrogens with zero attached hydrogens (tertiary/aromatic N) is 1. The first-order valence-corrected chi connectivity index (χ1v) is 5.18. The Labute approximate surface area is 86.1 Å². The summed E-state index contributed by atoms with van der Waals surface area (Å²) in [6.45, 7) is 4.13. The van der Waals surface area contributed by atoms with Crippen LogP contribution in [0.3, 0.4) is 0 Å². The first-order chi connectivity index (χ1) is 6.71. The van der Waals surface area contributed by atoms with E-state index in [-0.39, 0.29) is 11.9 Å². The summed E-state index contributed by atoms with van der Waals surface area (Å²) < 4.78 is 4.62. The van der Waals surface area contributed by atoms with Crippen molar-refractivity contribution in [3.8, 4) is 6.07 Å². The van der Waals surface area contributed by atoms with Gasteiger partial charge in [0.1, 0.15) is 5.92 Å². The van der Waals surface area contributed by atoms with Crippen molar-refractivity contribution in [2.45, 2.75) is 39.5 Å². The zero-order chi connectivity index (χ0) is 11.0. The van der Waals surface area contributed by atoms with Crippen LogP contribution in [0, 0.1) is 23.2 Å². The third-order valence-corrected chi connectivity index (χ3v) is 2.38. The molecule has 0 rings (SSSR count). The molecule has 0 aliphatic heterocycles. The van der Waals surface area contributed by atoms with Crippen LogP contribution in [0.5, 0.6) is 0 Å². The summed E-state index contributed by atoms with van der Waals surface area (Å²) in [5, 5.41) is 8.90. The second-order valence-corrected chi connectivity index (χ2v) is 3.47. The number of esters is 1. The lowest BCUT2D eigenvalue weighted by Gasteiger charge is -2.18. The average Bonchev–Trinajstić information content (AvgIpc) is 2.19. The molecule has 0 aromatic heterocycles. The summed E-state index contributed by atoms with van der Waals surface area (Å²) in [4.78, 5) is 11.3. The van der Waals surface area contributed by atoms with Crippen molar-refractivity contribution in [3.63, 3.8) is 0 Å². The van der Waals surface area contributed by atoms with E-state index < -0.39 is 5.92 Å². The van der Waals surface area contributed by atoms with Crippen molar-refractivity contribution >= 4 is 5.97 Å². The number of carbonyl (C=O) groups excluding carboxylic acids is 1. The lowest BCUT2D eigenvalue weighted by Crippen LogP contribution is -2.23.